The third kappa shape index (κ3) is 4.98. The van der Waals surface area contributed by atoms with E-state index in [9.17, 15) is 8.42 Å². The van der Waals surface area contributed by atoms with Gasteiger partial charge in [-0.05, 0) is 25.8 Å². The van der Waals surface area contributed by atoms with Crippen LogP contribution in [-0.2, 0) is 9.84 Å². The van der Waals surface area contributed by atoms with Crippen molar-refractivity contribution in [1.29, 1.82) is 0 Å². The van der Waals surface area contributed by atoms with E-state index in [2.05, 4.69) is 19.2 Å². The molecule has 15 heavy (non-hydrogen) atoms. The molecule has 0 aromatic heterocycles. The molecule has 2 atom stereocenters. The Bertz CT molecular complexity index is 260. The van der Waals surface area contributed by atoms with Crippen LogP contribution in [0.15, 0.2) is 0 Å². The Balaban J connectivity index is 4.52. The third-order valence-corrected chi connectivity index (χ3v) is 5.25. The first-order valence-electron chi connectivity index (χ1n) is 5.80. The average Bonchev–Trinajstić information content (AvgIpc) is 2.15. The van der Waals surface area contributed by atoms with Crippen molar-refractivity contribution in [3.63, 3.8) is 0 Å². The molecule has 0 rings (SSSR count). The van der Waals surface area contributed by atoms with Crippen LogP contribution in [0.2, 0.25) is 0 Å². The Labute approximate surface area is 94.6 Å². The zero-order valence-electron chi connectivity index (χ0n) is 10.6. The van der Waals surface area contributed by atoms with Crippen LogP contribution >= 0.6 is 0 Å². The lowest BCUT2D eigenvalue weighted by Gasteiger charge is -2.23. The van der Waals surface area contributed by atoms with Gasteiger partial charge in [-0.2, -0.15) is 0 Å². The van der Waals surface area contributed by atoms with Gasteiger partial charge in [-0.1, -0.05) is 27.7 Å². The van der Waals surface area contributed by atoms with Crippen LogP contribution in [0.3, 0.4) is 0 Å². The first-order chi connectivity index (χ1) is 6.85. The molecule has 2 unspecified atom stereocenters. The van der Waals surface area contributed by atoms with E-state index in [1.165, 1.54) is 0 Å². The summed E-state index contributed by atoms with van der Waals surface area (Å²) in [6.07, 6.45) is 0.694. The van der Waals surface area contributed by atoms with Crippen LogP contribution in [0.5, 0.6) is 0 Å². The van der Waals surface area contributed by atoms with Gasteiger partial charge in [-0.15, -0.1) is 0 Å². The Morgan fingerprint density at radius 2 is 1.67 bits per heavy atom. The van der Waals surface area contributed by atoms with E-state index in [0.29, 0.717) is 12.3 Å². The monoisotopic (exact) mass is 235 g/mol. The Kier molecular flexibility index (Phi) is 6.44. The molecule has 4 heteroatoms. The van der Waals surface area contributed by atoms with Gasteiger partial charge in [0.25, 0.3) is 0 Å². The summed E-state index contributed by atoms with van der Waals surface area (Å²) in [5, 5.41) is 3.01. The fourth-order valence-corrected chi connectivity index (χ4v) is 3.26. The molecule has 0 heterocycles. The normalized spacial score (nSPS) is 16.7. The Hall–Kier alpha value is -0.0900. The summed E-state index contributed by atoms with van der Waals surface area (Å²) >= 11 is 0. The van der Waals surface area contributed by atoms with Crippen LogP contribution in [0, 0.1) is 5.92 Å². The summed E-state index contributed by atoms with van der Waals surface area (Å²) in [5.74, 6) is 0.608. The lowest BCUT2D eigenvalue weighted by Crippen LogP contribution is -2.41. The fourth-order valence-electron chi connectivity index (χ4n) is 1.42. The highest BCUT2D eigenvalue weighted by atomic mass is 32.2. The van der Waals surface area contributed by atoms with Gasteiger partial charge in [-0.25, -0.2) is 8.42 Å². The summed E-state index contributed by atoms with van der Waals surface area (Å²) < 4.78 is 23.8. The van der Waals surface area contributed by atoms with E-state index in [4.69, 9.17) is 0 Å². The highest BCUT2D eigenvalue weighted by Gasteiger charge is 2.25. The molecule has 0 aliphatic heterocycles. The SMILES string of the molecule is CCNC(CS(=O)(=O)C(C)CC)C(C)C. The summed E-state index contributed by atoms with van der Waals surface area (Å²) in [7, 11) is -2.94. The molecule has 0 fully saturated rings. The molecule has 0 aromatic carbocycles. The van der Waals surface area contributed by atoms with Crippen LogP contribution in [0.1, 0.15) is 41.0 Å². The minimum atomic E-state index is -2.94. The minimum absolute atomic E-state index is 0.0778. The van der Waals surface area contributed by atoms with Crippen LogP contribution < -0.4 is 5.32 Å². The van der Waals surface area contributed by atoms with Crippen molar-refractivity contribution in [1.82, 2.24) is 5.32 Å². The molecule has 0 spiro atoms. The summed E-state index contributed by atoms with van der Waals surface area (Å²) in [6, 6.07) is 0.0778. The number of hydrogen-bond donors (Lipinski definition) is 1. The second-order valence-corrected chi connectivity index (χ2v) is 6.92. The van der Waals surface area contributed by atoms with Gasteiger partial charge in [0.2, 0.25) is 0 Å². The molecule has 0 aromatic rings. The predicted octanol–water partition coefficient (Wildman–Crippen LogP) is 1.83. The highest BCUT2D eigenvalue weighted by molar-refractivity contribution is 7.92. The number of sulfone groups is 1. The van der Waals surface area contributed by atoms with Crippen molar-refractivity contribution in [2.45, 2.75) is 52.3 Å². The quantitative estimate of drug-likeness (QED) is 0.732. The molecule has 3 nitrogen and oxygen atoms in total. The second-order valence-electron chi connectivity index (χ2n) is 4.46. The van der Waals surface area contributed by atoms with E-state index >= 15 is 0 Å². The Morgan fingerprint density at radius 1 is 1.13 bits per heavy atom. The molecule has 92 valence electrons. The van der Waals surface area contributed by atoms with Crippen LogP contribution in [0.25, 0.3) is 0 Å². The van der Waals surface area contributed by atoms with Gasteiger partial charge in [-0.3, -0.25) is 0 Å². The van der Waals surface area contributed by atoms with E-state index < -0.39 is 9.84 Å². The predicted molar refractivity (Wildman–Crippen MR) is 65.8 cm³/mol. The number of hydrogen-bond acceptors (Lipinski definition) is 3. The maximum absolute atomic E-state index is 11.9. The lowest BCUT2D eigenvalue weighted by molar-refractivity contribution is 0.433. The van der Waals surface area contributed by atoms with Gasteiger partial charge in [0.05, 0.1) is 11.0 Å². The average molecular weight is 235 g/mol. The second kappa shape index (κ2) is 6.48. The van der Waals surface area contributed by atoms with Crippen molar-refractivity contribution in [3.8, 4) is 0 Å². The maximum atomic E-state index is 11.9. The van der Waals surface area contributed by atoms with E-state index in [0.717, 1.165) is 6.54 Å². The standard InChI is InChI=1S/C11H25NO2S/c1-6-10(5)15(13,14)8-11(9(3)4)12-7-2/h9-12H,6-8H2,1-5H3. The largest absolute Gasteiger partial charge is 0.313 e. The maximum Gasteiger partial charge on any atom is 0.154 e. The van der Waals surface area contributed by atoms with Gasteiger partial charge >= 0.3 is 0 Å². The van der Waals surface area contributed by atoms with Crippen molar-refractivity contribution >= 4 is 9.84 Å². The molecule has 0 aliphatic rings. The molecule has 0 bridgehead atoms. The van der Waals surface area contributed by atoms with Gasteiger partial charge < -0.3 is 5.32 Å². The van der Waals surface area contributed by atoms with Crippen LogP contribution in [0.4, 0.5) is 0 Å². The molecule has 0 radical (unpaired) electrons. The zero-order chi connectivity index (χ0) is 12.1. The highest BCUT2D eigenvalue weighted by Crippen LogP contribution is 2.11. The van der Waals surface area contributed by atoms with Crippen molar-refractivity contribution in [2.75, 3.05) is 12.3 Å². The number of nitrogens with one attached hydrogen (secondary N) is 1. The van der Waals surface area contributed by atoms with Gasteiger partial charge in [0.15, 0.2) is 9.84 Å². The number of rotatable bonds is 7. The molecule has 0 amide bonds. The smallest absolute Gasteiger partial charge is 0.154 e. The topological polar surface area (TPSA) is 46.2 Å². The van der Waals surface area contributed by atoms with Crippen molar-refractivity contribution < 1.29 is 8.42 Å². The summed E-state index contributed by atoms with van der Waals surface area (Å²) in [5.41, 5.74) is 0. The van der Waals surface area contributed by atoms with E-state index in [1.807, 2.05) is 13.8 Å². The molecule has 0 saturated carbocycles. The van der Waals surface area contributed by atoms with Crippen LogP contribution in [-0.4, -0.2) is 32.0 Å². The molecular weight excluding hydrogens is 210 g/mol. The molecule has 1 N–H and O–H groups in total. The fraction of sp³-hybridized carbons (Fsp3) is 1.00. The Morgan fingerprint density at radius 3 is 2.00 bits per heavy atom. The van der Waals surface area contributed by atoms with Gasteiger partial charge in [0, 0.05) is 6.04 Å². The van der Waals surface area contributed by atoms with Gasteiger partial charge in [0.1, 0.15) is 0 Å². The summed E-state index contributed by atoms with van der Waals surface area (Å²) in [6.45, 7) is 10.6. The van der Waals surface area contributed by atoms with E-state index in [1.54, 1.807) is 6.92 Å². The third-order valence-electron chi connectivity index (χ3n) is 2.87. The lowest BCUT2D eigenvalue weighted by atomic mass is 10.1. The first-order valence-corrected chi connectivity index (χ1v) is 7.51. The zero-order valence-corrected chi connectivity index (χ0v) is 11.4. The summed E-state index contributed by atoms with van der Waals surface area (Å²) in [4.78, 5) is 0. The van der Waals surface area contributed by atoms with E-state index in [-0.39, 0.29) is 17.0 Å². The van der Waals surface area contributed by atoms with Crippen molar-refractivity contribution in [2.24, 2.45) is 5.92 Å². The molecule has 0 aliphatic carbocycles. The molecular formula is C11H25NO2S. The van der Waals surface area contributed by atoms with Crippen molar-refractivity contribution in [3.05, 3.63) is 0 Å². The molecule has 0 saturated heterocycles. The first kappa shape index (κ1) is 14.9. The minimum Gasteiger partial charge on any atom is -0.313 e.